The Hall–Kier alpha value is -2.45. The fourth-order valence-corrected chi connectivity index (χ4v) is 3.29. The first kappa shape index (κ1) is 17.4. The quantitative estimate of drug-likeness (QED) is 0.855. The minimum atomic E-state index is -0.480. The van der Waals surface area contributed by atoms with Gasteiger partial charge in [0, 0.05) is 50.7 Å². The molecule has 2 aromatic heterocycles. The van der Waals surface area contributed by atoms with Crippen molar-refractivity contribution in [3.63, 3.8) is 0 Å². The highest BCUT2D eigenvalue weighted by molar-refractivity contribution is 7.08. The van der Waals surface area contributed by atoms with E-state index in [1.54, 1.807) is 0 Å². The van der Waals surface area contributed by atoms with Crippen LogP contribution in [-0.2, 0) is 0 Å². The van der Waals surface area contributed by atoms with Crippen LogP contribution in [0.1, 0.15) is 20.7 Å². The molecule has 0 unspecified atom stereocenters. The van der Waals surface area contributed by atoms with Gasteiger partial charge in [0.15, 0.2) is 0 Å². The molecule has 25 heavy (non-hydrogen) atoms. The minimum absolute atomic E-state index is 0.0831. The average Bonchev–Trinajstić information content (AvgIpc) is 3.17. The van der Waals surface area contributed by atoms with Crippen LogP contribution in [0.25, 0.3) is 0 Å². The van der Waals surface area contributed by atoms with Crippen LogP contribution in [0.2, 0.25) is 0 Å². The molecular weight excluding hydrogens is 342 g/mol. The van der Waals surface area contributed by atoms with E-state index in [4.69, 9.17) is 0 Å². The van der Waals surface area contributed by atoms with Crippen LogP contribution < -0.4 is 10.9 Å². The molecule has 3 rings (SSSR count). The summed E-state index contributed by atoms with van der Waals surface area (Å²) in [5, 5.41) is 6.58. The first-order chi connectivity index (χ1) is 12.1. The van der Waals surface area contributed by atoms with E-state index in [9.17, 15) is 14.4 Å². The molecule has 8 heteroatoms. The van der Waals surface area contributed by atoms with Gasteiger partial charge in [-0.2, -0.15) is 11.3 Å². The SMILES string of the molecule is O=C(NCCN1CCN(C(=O)c2ccsc2)CC1)c1ccc(=O)oc1. The third-order valence-electron chi connectivity index (χ3n) is 4.10. The molecule has 0 saturated carbocycles. The molecule has 7 nitrogen and oxygen atoms in total. The molecule has 0 atom stereocenters. The Morgan fingerprint density at radius 2 is 1.92 bits per heavy atom. The molecule has 0 spiro atoms. The maximum atomic E-state index is 12.3. The number of hydrogen-bond donors (Lipinski definition) is 1. The van der Waals surface area contributed by atoms with E-state index in [0.29, 0.717) is 31.7 Å². The zero-order valence-corrected chi connectivity index (χ0v) is 14.5. The number of rotatable bonds is 5. The lowest BCUT2D eigenvalue weighted by Gasteiger charge is -2.34. The van der Waals surface area contributed by atoms with Crippen molar-refractivity contribution in [1.29, 1.82) is 0 Å². The van der Waals surface area contributed by atoms with Gasteiger partial charge in [0.05, 0.1) is 11.1 Å². The van der Waals surface area contributed by atoms with E-state index >= 15 is 0 Å². The molecule has 3 heterocycles. The Morgan fingerprint density at radius 1 is 1.12 bits per heavy atom. The van der Waals surface area contributed by atoms with Crippen molar-refractivity contribution in [2.45, 2.75) is 0 Å². The second-order valence-electron chi connectivity index (χ2n) is 5.75. The molecule has 0 radical (unpaired) electrons. The topological polar surface area (TPSA) is 82.9 Å². The summed E-state index contributed by atoms with van der Waals surface area (Å²) in [6.07, 6.45) is 1.16. The monoisotopic (exact) mass is 361 g/mol. The Morgan fingerprint density at radius 3 is 2.56 bits per heavy atom. The van der Waals surface area contributed by atoms with Crippen molar-refractivity contribution in [3.8, 4) is 0 Å². The molecule has 0 bridgehead atoms. The predicted molar refractivity (Wildman–Crippen MR) is 94.0 cm³/mol. The molecule has 0 aliphatic carbocycles. The average molecular weight is 361 g/mol. The maximum absolute atomic E-state index is 12.3. The molecule has 2 amide bonds. The van der Waals surface area contributed by atoms with Gasteiger partial charge in [0.1, 0.15) is 6.26 Å². The van der Waals surface area contributed by atoms with Crippen LogP contribution in [0.3, 0.4) is 0 Å². The fourth-order valence-electron chi connectivity index (χ4n) is 2.66. The van der Waals surface area contributed by atoms with E-state index in [1.165, 1.54) is 23.5 Å². The lowest BCUT2D eigenvalue weighted by Crippen LogP contribution is -2.50. The van der Waals surface area contributed by atoms with Gasteiger partial charge in [-0.15, -0.1) is 0 Å². The molecule has 1 saturated heterocycles. The summed E-state index contributed by atoms with van der Waals surface area (Å²) in [6, 6.07) is 4.51. The van der Waals surface area contributed by atoms with E-state index in [2.05, 4.69) is 14.6 Å². The standard InChI is InChI=1S/C17H19N3O4S/c21-15-2-1-13(11-24-15)16(22)18-4-5-19-6-8-20(9-7-19)17(23)14-3-10-25-12-14/h1-3,10-12H,4-9H2,(H,18,22). The van der Waals surface area contributed by atoms with Crippen LogP contribution >= 0.6 is 11.3 Å². The fraction of sp³-hybridized carbons (Fsp3) is 0.353. The molecule has 1 fully saturated rings. The number of piperazine rings is 1. The number of amides is 2. The van der Waals surface area contributed by atoms with Crippen molar-refractivity contribution >= 4 is 23.2 Å². The Kier molecular flexibility index (Phi) is 5.62. The zero-order chi connectivity index (χ0) is 17.6. The molecule has 1 aliphatic heterocycles. The first-order valence-corrected chi connectivity index (χ1v) is 8.98. The van der Waals surface area contributed by atoms with Crippen molar-refractivity contribution in [3.05, 3.63) is 56.8 Å². The summed E-state index contributed by atoms with van der Waals surface area (Å²) in [4.78, 5) is 39.2. The number of carbonyl (C=O) groups is 2. The third kappa shape index (κ3) is 4.55. The molecule has 132 valence electrons. The van der Waals surface area contributed by atoms with Crippen LogP contribution in [0.5, 0.6) is 0 Å². The van der Waals surface area contributed by atoms with Crippen LogP contribution in [0.4, 0.5) is 0 Å². The van der Waals surface area contributed by atoms with Gasteiger partial charge in [0.25, 0.3) is 11.8 Å². The third-order valence-corrected chi connectivity index (χ3v) is 4.79. The smallest absolute Gasteiger partial charge is 0.335 e. The summed E-state index contributed by atoms with van der Waals surface area (Å²) in [6.45, 7) is 4.15. The van der Waals surface area contributed by atoms with E-state index in [0.717, 1.165) is 24.9 Å². The van der Waals surface area contributed by atoms with Gasteiger partial charge >= 0.3 is 5.63 Å². The highest BCUT2D eigenvalue weighted by Crippen LogP contribution is 2.11. The van der Waals surface area contributed by atoms with Gasteiger partial charge in [-0.25, -0.2) is 4.79 Å². The number of carbonyl (C=O) groups excluding carboxylic acids is 2. The second-order valence-corrected chi connectivity index (χ2v) is 6.53. The van der Waals surface area contributed by atoms with E-state index in [-0.39, 0.29) is 11.8 Å². The molecule has 0 aromatic carbocycles. The largest absolute Gasteiger partial charge is 0.430 e. The summed E-state index contributed by atoms with van der Waals surface area (Å²) >= 11 is 1.52. The number of hydrogen-bond acceptors (Lipinski definition) is 6. The van der Waals surface area contributed by atoms with Crippen LogP contribution in [-0.4, -0.2) is 60.9 Å². The number of nitrogens with zero attached hydrogens (tertiary/aromatic N) is 2. The van der Waals surface area contributed by atoms with Crippen molar-refractivity contribution in [2.24, 2.45) is 0 Å². The van der Waals surface area contributed by atoms with Gasteiger partial charge in [-0.3, -0.25) is 14.5 Å². The Balaban J connectivity index is 1.39. The van der Waals surface area contributed by atoms with Crippen molar-refractivity contribution < 1.29 is 14.0 Å². The molecule has 2 aromatic rings. The van der Waals surface area contributed by atoms with Gasteiger partial charge < -0.3 is 14.6 Å². The summed E-state index contributed by atoms with van der Waals surface area (Å²) in [7, 11) is 0. The minimum Gasteiger partial charge on any atom is -0.430 e. The number of nitrogens with one attached hydrogen (secondary N) is 1. The van der Waals surface area contributed by atoms with Gasteiger partial charge in [-0.1, -0.05) is 0 Å². The highest BCUT2D eigenvalue weighted by atomic mass is 32.1. The Labute approximate surface area is 148 Å². The van der Waals surface area contributed by atoms with Crippen molar-refractivity contribution in [1.82, 2.24) is 15.1 Å². The molecular formula is C17H19N3O4S. The van der Waals surface area contributed by atoms with E-state index in [1.807, 2.05) is 21.7 Å². The van der Waals surface area contributed by atoms with Crippen LogP contribution in [0, 0.1) is 0 Å². The normalized spacial score (nSPS) is 15.1. The van der Waals surface area contributed by atoms with E-state index < -0.39 is 5.63 Å². The summed E-state index contributed by atoms with van der Waals surface area (Å²) in [5.74, 6) is -0.185. The highest BCUT2D eigenvalue weighted by Gasteiger charge is 2.22. The molecule has 1 N–H and O–H groups in total. The lowest BCUT2D eigenvalue weighted by molar-refractivity contribution is 0.0638. The predicted octanol–water partition coefficient (Wildman–Crippen LogP) is 0.889. The lowest BCUT2D eigenvalue weighted by atomic mass is 10.2. The summed E-state index contributed by atoms with van der Waals surface area (Å²) in [5.41, 5.74) is 0.595. The van der Waals surface area contributed by atoms with Crippen molar-refractivity contribution in [2.75, 3.05) is 39.3 Å². The van der Waals surface area contributed by atoms with Gasteiger partial charge in [0.2, 0.25) is 0 Å². The molecule has 1 aliphatic rings. The Bertz CT molecular complexity index is 759. The second kappa shape index (κ2) is 8.09. The number of thiophene rings is 1. The maximum Gasteiger partial charge on any atom is 0.335 e. The first-order valence-electron chi connectivity index (χ1n) is 8.04. The van der Waals surface area contributed by atoms with Gasteiger partial charge in [-0.05, 0) is 17.5 Å². The zero-order valence-electron chi connectivity index (χ0n) is 13.6. The summed E-state index contributed by atoms with van der Waals surface area (Å²) < 4.78 is 4.68. The van der Waals surface area contributed by atoms with Crippen LogP contribution in [0.15, 0.2) is 44.4 Å².